The van der Waals surface area contributed by atoms with Crippen LogP contribution in [0.2, 0.25) is 0 Å². The molecule has 142 valence electrons. The smallest absolute Gasteiger partial charge is 0.339 e. The lowest BCUT2D eigenvalue weighted by Crippen LogP contribution is -2.24. The quantitative estimate of drug-likeness (QED) is 0.721. The highest BCUT2D eigenvalue weighted by Gasteiger charge is 2.22. The molecule has 2 N–H and O–H groups in total. The van der Waals surface area contributed by atoms with Gasteiger partial charge in [0.25, 0.3) is 5.91 Å². The number of nitrogens with one attached hydrogen (secondary N) is 1. The van der Waals surface area contributed by atoms with E-state index in [1.165, 1.54) is 0 Å². The molecule has 3 heterocycles. The van der Waals surface area contributed by atoms with Crippen LogP contribution in [0, 0.1) is 13.8 Å². The largest absolute Gasteiger partial charge is 0.488 e. The molecule has 0 fully saturated rings. The van der Waals surface area contributed by atoms with Gasteiger partial charge in [0.2, 0.25) is 0 Å². The molecule has 1 aromatic carbocycles. The summed E-state index contributed by atoms with van der Waals surface area (Å²) in [4.78, 5) is 28.1. The molecular formula is C21H18N2O5. The summed E-state index contributed by atoms with van der Waals surface area (Å²) < 4.78 is 11.2. The second-order valence-electron chi connectivity index (χ2n) is 6.59. The van der Waals surface area contributed by atoms with Crippen molar-refractivity contribution in [3.05, 3.63) is 70.4 Å². The summed E-state index contributed by atoms with van der Waals surface area (Å²) in [6, 6.07) is 7.18. The van der Waals surface area contributed by atoms with Crippen LogP contribution in [0.1, 0.15) is 43.4 Å². The molecule has 0 saturated carbocycles. The Kier molecular flexibility index (Phi) is 4.35. The van der Waals surface area contributed by atoms with E-state index in [0.29, 0.717) is 35.0 Å². The molecule has 0 atom stereocenters. The molecule has 3 aromatic rings. The molecule has 0 aliphatic carbocycles. The van der Waals surface area contributed by atoms with E-state index in [-0.39, 0.29) is 18.0 Å². The fraction of sp³-hybridized carbons (Fsp3) is 0.190. The number of ether oxygens (including phenoxy) is 1. The Morgan fingerprint density at radius 2 is 2.00 bits per heavy atom. The summed E-state index contributed by atoms with van der Waals surface area (Å²) >= 11 is 0. The van der Waals surface area contributed by atoms with Gasteiger partial charge in [-0.1, -0.05) is 0 Å². The van der Waals surface area contributed by atoms with Crippen LogP contribution in [-0.2, 0) is 13.2 Å². The van der Waals surface area contributed by atoms with Gasteiger partial charge in [0.05, 0.1) is 0 Å². The molecule has 7 nitrogen and oxygen atoms in total. The van der Waals surface area contributed by atoms with Gasteiger partial charge in [0, 0.05) is 41.2 Å². The van der Waals surface area contributed by atoms with Gasteiger partial charge in [-0.3, -0.25) is 9.78 Å². The van der Waals surface area contributed by atoms with E-state index in [4.69, 9.17) is 9.15 Å². The number of aromatic nitrogens is 1. The van der Waals surface area contributed by atoms with Crippen molar-refractivity contribution in [2.45, 2.75) is 27.0 Å². The van der Waals surface area contributed by atoms with Crippen LogP contribution in [-0.4, -0.2) is 22.0 Å². The molecule has 0 unspecified atom stereocenters. The third kappa shape index (κ3) is 3.00. The average Bonchev–Trinajstić information content (AvgIpc) is 2.98. The number of rotatable bonds is 4. The lowest BCUT2D eigenvalue weighted by molar-refractivity contribution is 0.0692. The van der Waals surface area contributed by atoms with Gasteiger partial charge < -0.3 is 19.6 Å². The van der Waals surface area contributed by atoms with E-state index in [9.17, 15) is 14.7 Å². The van der Waals surface area contributed by atoms with Crippen LogP contribution < -0.4 is 10.1 Å². The first-order valence-electron chi connectivity index (χ1n) is 8.76. The number of hydrogen-bond acceptors (Lipinski definition) is 5. The van der Waals surface area contributed by atoms with Gasteiger partial charge in [-0.25, -0.2) is 4.79 Å². The third-order valence-corrected chi connectivity index (χ3v) is 4.85. The monoisotopic (exact) mass is 378 g/mol. The van der Waals surface area contributed by atoms with Crippen molar-refractivity contribution in [3.8, 4) is 16.9 Å². The lowest BCUT2D eigenvalue weighted by atomic mass is 9.97. The summed E-state index contributed by atoms with van der Waals surface area (Å²) in [5.41, 5.74) is 3.95. The van der Waals surface area contributed by atoms with Crippen LogP contribution >= 0.6 is 0 Å². The predicted molar refractivity (Wildman–Crippen MR) is 100 cm³/mol. The Bertz CT molecular complexity index is 1100. The molecule has 7 heteroatoms. The number of carboxylic acids is 1. The van der Waals surface area contributed by atoms with E-state index in [1.807, 2.05) is 12.1 Å². The number of furan rings is 1. The number of aryl methyl sites for hydroxylation is 2. The molecular weight excluding hydrogens is 360 g/mol. The van der Waals surface area contributed by atoms with Crippen molar-refractivity contribution < 1.29 is 23.8 Å². The number of nitrogens with zero attached hydrogens (tertiary/aromatic N) is 1. The van der Waals surface area contributed by atoms with Gasteiger partial charge in [-0.15, -0.1) is 0 Å². The summed E-state index contributed by atoms with van der Waals surface area (Å²) in [7, 11) is 0. The number of hydrogen-bond donors (Lipinski definition) is 2. The summed E-state index contributed by atoms with van der Waals surface area (Å²) in [6.07, 6.45) is 3.50. The molecule has 0 bridgehead atoms. The Hall–Kier alpha value is -3.61. The van der Waals surface area contributed by atoms with Crippen molar-refractivity contribution in [3.63, 3.8) is 0 Å². The van der Waals surface area contributed by atoms with Crippen molar-refractivity contribution in [2.75, 3.05) is 0 Å². The zero-order chi connectivity index (χ0) is 19.8. The molecule has 1 aliphatic heterocycles. The number of pyridine rings is 1. The molecule has 0 saturated heterocycles. The van der Waals surface area contributed by atoms with Gasteiger partial charge in [0.15, 0.2) is 0 Å². The van der Waals surface area contributed by atoms with Crippen molar-refractivity contribution in [1.82, 2.24) is 10.3 Å². The third-order valence-electron chi connectivity index (χ3n) is 4.85. The molecule has 0 radical (unpaired) electrons. The first-order valence-corrected chi connectivity index (χ1v) is 8.76. The highest BCUT2D eigenvalue weighted by molar-refractivity contribution is 5.96. The molecule has 28 heavy (non-hydrogen) atoms. The molecule has 4 rings (SSSR count). The van der Waals surface area contributed by atoms with Crippen molar-refractivity contribution in [1.29, 1.82) is 0 Å². The van der Waals surface area contributed by atoms with E-state index in [0.717, 1.165) is 16.7 Å². The zero-order valence-electron chi connectivity index (χ0n) is 15.4. The van der Waals surface area contributed by atoms with E-state index in [1.54, 1.807) is 38.4 Å². The van der Waals surface area contributed by atoms with Crippen LogP contribution in [0.3, 0.4) is 0 Å². The van der Waals surface area contributed by atoms with E-state index >= 15 is 0 Å². The minimum Gasteiger partial charge on any atom is -0.488 e. The van der Waals surface area contributed by atoms with E-state index < -0.39 is 5.97 Å². The van der Waals surface area contributed by atoms with Gasteiger partial charge in [0.1, 0.15) is 29.4 Å². The number of fused-ring (bicyclic) bond motifs is 3. The topological polar surface area (TPSA) is 102 Å². The van der Waals surface area contributed by atoms with Gasteiger partial charge >= 0.3 is 5.97 Å². The highest BCUT2D eigenvalue weighted by atomic mass is 16.5. The maximum atomic E-state index is 12.6. The standard InChI is InChI=1S/C21H18N2O5/c1-11-17(19(21(25)26)12(2)28-11)9-23-20(24)13-3-4-16-15-5-6-22-8-14(15)10-27-18(16)7-13/h3-8H,9-10H2,1-2H3,(H,23,24)(H,25,26). The van der Waals surface area contributed by atoms with Gasteiger partial charge in [-0.05, 0) is 43.7 Å². The Balaban J connectivity index is 1.56. The first-order chi connectivity index (χ1) is 13.5. The van der Waals surface area contributed by atoms with Gasteiger partial charge in [-0.2, -0.15) is 0 Å². The molecule has 0 spiro atoms. The van der Waals surface area contributed by atoms with Crippen LogP contribution in [0.5, 0.6) is 5.75 Å². The average molecular weight is 378 g/mol. The normalized spacial score (nSPS) is 11.9. The second-order valence-corrected chi connectivity index (χ2v) is 6.59. The van der Waals surface area contributed by atoms with Crippen LogP contribution in [0.15, 0.2) is 41.1 Å². The number of benzene rings is 1. The number of aromatic carboxylic acids is 1. The minimum absolute atomic E-state index is 0.0656. The SMILES string of the molecule is Cc1oc(C)c(C(=O)O)c1CNC(=O)c1ccc2c(c1)OCc1cnccc1-2. The molecule has 1 aliphatic rings. The molecule has 1 amide bonds. The predicted octanol–water partition coefficient (Wildman–Crippen LogP) is 3.48. The zero-order valence-corrected chi connectivity index (χ0v) is 15.4. The fourth-order valence-electron chi connectivity index (χ4n) is 3.46. The maximum absolute atomic E-state index is 12.6. The lowest BCUT2D eigenvalue weighted by Gasteiger charge is -2.20. The van der Waals surface area contributed by atoms with Crippen LogP contribution in [0.4, 0.5) is 0 Å². The summed E-state index contributed by atoms with van der Waals surface area (Å²) in [5.74, 6) is 0.0436. The Labute approximate surface area is 161 Å². The Morgan fingerprint density at radius 1 is 1.18 bits per heavy atom. The maximum Gasteiger partial charge on any atom is 0.339 e. The summed E-state index contributed by atoms with van der Waals surface area (Å²) in [6.45, 7) is 3.74. The molecule has 2 aromatic heterocycles. The van der Waals surface area contributed by atoms with E-state index in [2.05, 4.69) is 10.3 Å². The Morgan fingerprint density at radius 3 is 2.79 bits per heavy atom. The van der Waals surface area contributed by atoms with Crippen LogP contribution in [0.25, 0.3) is 11.1 Å². The number of carbonyl (C=O) groups excluding carboxylic acids is 1. The first kappa shape index (κ1) is 17.8. The number of carboxylic acid groups (broad SMARTS) is 1. The highest BCUT2D eigenvalue weighted by Crippen LogP contribution is 2.37. The number of amides is 1. The minimum atomic E-state index is -1.08. The summed E-state index contributed by atoms with van der Waals surface area (Å²) in [5, 5.41) is 12.1. The second kappa shape index (κ2) is 6.84. The fourth-order valence-corrected chi connectivity index (χ4v) is 3.46. The van der Waals surface area contributed by atoms with Crippen molar-refractivity contribution in [2.24, 2.45) is 0 Å². The van der Waals surface area contributed by atoms with Crippen molar-refractivity contribution >= 4 is 11.9 Å². The number of carbonyl (C=O) groups is 2.